The van der Waals surface area contributed by atoms with E-state index in [2.05, 4.69) is 5.48 Å². The maximum atomic E-state index is 11.5. The molecule has 0 saturated heterocycles. The van der Waals surface area contributed by atoms with E-state index in [9.17, 15) is 9.90 Å². The maximum absolute atomic E-state index is 11.5. The van der Waals surface area contributed by atoms with Crippen molar-refractivity contribution in [1.82, 2.24) is 5.48 Å². The molecule has 6 heteroatoms. The maximum Gasteiger partial charge on any atom is 0.274 e. The number of rotatable bonds is 6. The molecule has 2 N–H and O–H groups in total. The minimum absolute atomic E-state index is 0.1000. The fourth-order valence-electron chi connectivity index (χ4n) is 1.13. The molecule has 0 unspecified atom stereocenters. The first-order valence-electron chi connectivity index (χ1n) is 4.97. The van der Waals surface area contributed by atoms with E-state index in [-0.39, 0.29) is 17.9 Å². The van der Waals surface area contributed by atoms with E-state index in [1.54, 1.807) is 0 Å². The highest BCUT2D eigenvalue weighted by molar-refractivity contribution is 5.94. The van der Waals surface area contributed by atoms with Gasteiger partial charge in [0, 0.05) is 12.7 Å². The minimum Gasteiger partial charge on any atom is -0.504 e. The summed E-state index contributed by atoms with van der Waals surface area (Å²) in [5.74, 6) is -0.238. The van der Waals surface area contributed by atoms with Crippen LogP contribution in [0.25, 0.3) is 0 Å². The molecule has 17 heavy (non-hydrogen) atoms. The third kappa shape index (κ3) is 3.93. The first-order chi connectivity index (χ1) is 8.19. The summed E-state index contributed by atoms with van der Waals surface area (Å²) in [6.45, 7) is 0.637. The van der Waals surface area contributed by atoms with E-state index < -0.39 is 5.91 Å². The molecule has 0 radical (unpaired) electrons. The zero-order valence-corrected chi connectivity index (χ0v) is 9.73. The van der Waals surface area contributed by atoms with Crippen molar-refractivity contribution in [3.63, 3.8) is 0 Å². The Morgan fingerprint density at radius 1 is 1.35 bits per heavy atom. The number of hydrogen-bond donors (Lipinski definition) is 2. The summed E-state index contributed by atoms with van der Waals surface area (Å²) in [7, 11) is 2.97. The van der Waals surface area contributed by atoms with Crippen LogP contribution in [-0.4, -0.2) is 38.4 Å². The van der Waals surface area contributed by atoms with Crippen LogP contribution < -0.4 is 10.2 Å². The Morgan fingerprint density at radius 2 is 2.12 bits per heavy atom. The first-order valence-corrected chi connectivity index (χ1v) is 4.97. The van der Waals surface area contributed by atoms with Crippen molar-refractivity contribution >= 4 is 5.91 Å². The lowest BCUT2D eigenvalue weighted by molar-refractivity contribution is 0.00887. The number of nitrogens with one attached hydrogen (secondary N) is 1. The molecule has 0 aliphatic carbocycles. The lowest BCUT2D eigenvalue weighted by atomic mass is 10.2. The molecule has 0 bridgehead atoms. The van der Waals surface area contributed by atoms with Crippen molar-refractivity contribution < 1.29 is 24.2 Å². The Balaban J connectivity index is 2.54. The molecule has 1 aromatic carbocycles. The van der Waals surface area contributed by atoms with Crippen LogP contribution in [0.1, 0.15) is 10.4 Å². The minimum atomic E-state index is -0.445. The molecular formula is C11H15NO5. The van der Waals surface area contributed by atoms with Gasteiger partial charge in [0.25, 0.3) is 5.91 Å². The summed E-state index contributed by atoms with van der Waals surface area (Å²) in [6, 6.07) is 4.32. The van der Waals surface area contributed by atoms with Gasteiger partial charge in [-0.25, -0.2) is 5.48 Å². The van der Waals surface area contributed by atoms with Gasteiger partial charge in [0.15, 0.2) is 11.5 Å². The number of benzene rings is 1. The van der Waals surface area contributed by atoms with Gasteiger partial charge in [-0.3, -0.25) is 9.63 Å². The van der Waals surface area contributed by atoms with Crippen LogP contribution in [0.15, 0.2) is 18.2 Å². The van der Waals surface area contributed by atoms with Crippen LogP contribution in [0.3, 0.4) is 0 Å². The molecule has 1 amide bonds. The lowest BCUT2D eigenvalue weighted by Crippen LogP contribution is -2.25. The number of aromatic hydroxyl groups is 1. The number of hydroxylamine groups is 1. The Hall–Kier alpha value is -1.79. The van der Waals surface area contributed by atoms with Gasteiger partial charge in [0.05, 0.1) is 20.3 Å². The molecular weight excluding hydrogens is 226 g/mol. The molecule has 0 saturated carbocycles. The van der Waals surface area contributed by atoms with Crippen molar-refractivity contribution in [1.29, 1.82) is 0 Å². The van der Waals surface area contributed by atoms with Crippen LogP contribution in [0, 0.1) is 0 Å². The van der Waals surface area contributed by atoms with Crippen molar-refractivity contribution in [2.24, 2.45) is 0 Å². The monoisotopic (exact) mass is 241 g/mol. The van der Waals surface area contributed by atoms with E-state index in [0.717, 1.165) is 0 Å². The molecule has 0 fully saturated rings. The molecule has 0 spiro atoms. The number of methoxy groups -OCH3 is 2. The molecule has 0 aliphatic heterocycles. The zero-order valence-electron chi connectivity index (χ0n) is 9.73. The molecule has 1 aromatic rings. The van der Waals surface area contributed by atoms with Crippen molar-refractivity contribution in [3.8, 4) is 11.5 Å². The quantitative estimate of drug-likeness (QED) is 0.566. The van der Waals surface area contributed by atoms with Gasteiger partial charge < -0.3 is 14.6 Å². The summed E-state index contributed by atoms with van der Waals surface area (Å²) in [6.07, 6.45) is 0. The molecule has 94 valence electrons. The van der Waals surface area contributed by atoms with Gasteiger partial charge in [-0.05, 0) is 18.2 Å². The normalized spacial score (nSPS) is 10.0. The molecule has 0 atom stereocenters. The van der Waals surface area contributed by atoms with Crippen LogP contribution in [0.4, 0.5) is 0 Å². The average molecular weight is 241 g/mol. The van der Waals surface area contributed by atoms with E-state index in [4.69, 9.17) is 14.3 Å². The third-order valence-corrected chi connectivity index (χ3v) is 2.00. The largest absolute Gasteiger partial charge is 0.504 e. The number of ether oxygens (including phenoxy) is 2. The van der Waals surface area contributed by atoms with Gasteiger partial charge >= 0.3 is 0 Å². The van der Waals surface area contributed by atoms with Crippen molar-refractivity contribution in [3.05, 3.63) is 23.8 Å². The zero-order chi connectivity index (χ0) is 12.7. The number of hydrogen-bond acceptors (Lipinski definition) is 5. The van der Waals surface area contributed by atoms with Crippen LogP contribution in [0.5, 0.6) is 11.5 Å². The average Bonchev–Trinajstić information content (AvgIpc) is 2.34. The highest BCUT2D eigenvalue weighted by Gasteiger charge is 2.09. The highest BCUT2D eigenvalue weighted by Crippen LogP contribution is 2.25. The summed E-state index contributed by atoms with van der Waals surface area (Å²) >= 11 is 0. The Bertz CT molecular complexity index is 380. The fourth-order valence-corrected chi connectivity index (χ4v) is 1.13. The first kappa shape index (κ1) is 13.3. The second-order valence-electron chi connectivity index (χ2n) is 3.16. The second kappa shape index (κ2) is 6.72. The molecule has 1 rings (SSSR count). The lowest BCUT2D eigenvalue weighted by Gasteiger charge is -2.07. The smallest absolute Gasteiger partial charge is 0.274 e. The highest BCUT2D eigenvalue weighted by atomic mass is 16.7. The van der Waals surface area contributed by atoms with Gasteiger partial charge in [0.1, 0.15) is 0 Å². The van der Waals surface area contributed by atoms with E-state index in [1.807, 2.05) is 0 Å². The summed E-state index contributed by atoms with van der Waals surface area (Å²) in [5.41, 5.74) is 2.51. The molecule has 0 heterocycles. The van der Waals surface area contributed by atoms with Crippen LogP contribution in [-0.2, 0) is 9.57 Å². The molecule has 0 aliphatic rings. The standard InChI is InChI=1S/C11H15NO5/c1-15-5-6-17-12-11(14)8-3-4-10(16-2)9(13)7-8/h3-4,7,13H,5-6H2,1-2H3,(H,12,14). The Kier molecular flexibility index (Phi) is 5.25. The molecule has 0 aromatic heterocycles. The van der Waals surface area contributed by atoms with Gasteiger partial charge in [-0.1, -0.05) is 0 Å². The van der Waals surface area contributed by atoms with Gasteiger partial charge in [-0.15, -0.1) is 0 Å². The van der Waals surface area contributed by atoms with Gasteiger partial charge in [-0.2, -0.15) is 0 Å². The fraction of sp³-hybridized carbons (Fsp3) is 0.364. The SMILES string of the molecule is COCCONC(=O)c1ccc(OC)c(O)c1. The Morgan fingerprint density at radius 3 is 2.71 bits per heavy atom. The number of carbonyl (C=O) groups excluding carboxylic acids is 1. The third-order valence-electron chi connectivity index (χ3n) is 2.00. The number of amides is 1. The van der Waals surface area contributed by atoms with E-state index in [1.165, 1.54) is 32.4 Å². The van der Waals surface area contributed by atoms with Crippen LogP contribution in [0.2, 0.25) is 0 Å². The van der Waals surface area contributed by atoms with E-state index >= 15 is 0 Å². The van der Waals surface area contributed by atoms with E-state index in [0.29, 0.717) is 12.4 Å². The van der Waals surface area contributed by atoms with Crippen molar-refractivity contribution in [2.45, 2.75) is 0 Å². The number of carbonyl (C=O) groups is 1. The van der Waals surface area contributed by atoms with Crippen LogP contribution >= 0.6 is 0 Å². The molecule has 6 nitrogen and oxygen atoms in total. The number of phenols is 1. The number of phenolic OH excluding ortho intramolecular Hbond substituents is 1. The summed E-state index contributed by atoms with van der Waals surface area (Å²) in [4.78, 5) is 16.4. The topological polar surface area (TPSA) is 77.0 Å². The summed E-state index contributed by atoms with van der Waals surface area (Å²) in [5, 5.41) is 9.48. The Labute approximate surface area is 99.1 Å². The second-order valence-corrected chi connectivity index (χ2v) is 3.16. The summed E-state index contributed by atoms with van der Waals surface area (Å²) < 4.78 is 9.61. The predicted octanol–water partition coefficient (Wildman–Crippen LogP) is 0.709. The predicted molar refractivity (Wildman–Crippen MR) is 60.0 cm³/mol. The van der Waals surface area contributed by atoms with Gasteiger partial charge in [0.2, 0.25) is 0 Å². The van der Waals surface area contributed by atoms with Crippen molar-refractivity contribution in [2.75, 3.05) is 27.4 Å².